The number of carbonyl (C=O) groups excluding carboxylic acids is 1. The second-order valence-corrected chi connectivity index (χ2v) is 4.03. The van der Waals surface area contributed by atoms with Gasteiger partial charge in [0, 0.05) is 12.8 Å². The van der Waals surface area contributed by atoms with E-state index in [1.807, 2.05) is 45.0 Å². The summed E-state index contributed by atoms with van der Waals surface area (Å²) in [6, 6.07) is 7.66. The molecule has 0 radical (unpaired) electrons. The number of hydrogen-bond donors (Lipinski definition) is 1. The van der Waals surface area contributed by atoms with E-state index in [-0.39, 0.29) is 5.91 Å². The van der Waals surface area contributed by atoms with E-state index in [1.165, 1.54) is 12.7 Å². The number of nitrogens with one attached hydrogen (secondary N) is 1. The molecule has 1 aromatic rings. The first kappa shape index (κ1) is 15.7. The lowest BCUT2D eigenvalue weighted by Gasteiger charge is -2.21. The predicted octanol–water partition coefficient (Wildman–Crippen LogP) is 3.38. The molecule has 0 fully saturated rings. The van der Waals surface area contributed by atoms with E-state index < -0.39 is 5.60 Å². The van der Waals surface area contributed by atoms with Crippen molar-refractivity contribution in [3.8, 4) is 0 Å². The van der Waals surface area contributed by atoms with Crippen molar-refractivity contribution in [2.45, 2.75) is 40.2 Å². The van der Waals surface area contributed by atoms with Gasteiger partial charge in [-0.15, -0.1) is 0 Å². The lowest BCUT2D eigenvalue weighted by Crippen LogP contribution is -2.38. The average Bonchev–Trinajstić information content (AvgIpc) is 2.34. The van der Waals surface area contributed by atoms with Crippen molar-refractivity contribution in [3.05, 3.63) is 29.8 Å². The maximum Gasteiger partial charge on any atom is 0.256 e. The zero-order chi connectivity index (χ0) is 13.5. The van der Waals surface area contributed by atoms with Gasteiger partial charge in [-0.25, -0.2) is 0 Å². The van der Waals surface area contributed by atoms with E-state index >= 15 is 0 Å². The zero-order valence-corrected chi connectivity index (χ0v) is 11.6. The number of benzene rings is 1. The van der Waals surface area contributed by atoms with E-state index in [4.69, 9.17) is 4.74 Å². The molecule has 0 aromatic heterocycles. The van der Waals surface area contributed by atoms with Gasteiger partial charge in [-0.1, -0.05) is 31.5 Å². The third kappa shape index (κ3) is 5.00. The zero-order valence-electron chi connectivity index (χ0n) is 11.6. The van der Waals surface area contributed by atoms with E-state index in [9.17, 15) is 4.79 Å². The van der Waals surface area contributed by atoms with E-state index in [2.05, 4.69) is 5.32 Å². The molecule has 0 saturated heterocycles. The standard InChI is InChI=1S/C12H17NO2.C2H6/c1-9-5-7-10(8-6-9)13-11(14)12(2,3)15-4;1-2/h5-8H,1-4H3,(H,13,14);1-2H3. The predicted molar refractivity (Wildman–Crippen MR) is 72.2 cm³/mol. The number of carbonyl (C=O) groups is 1. The summed E-state index contributed by atoms with van der Waals surface area (Å²) >= 11 is 0. The van der Waals surface area contributed by atoms with Crippen LogP contribution in [-0.4, -0.2) is 18.6 Å². The van der Waals surface area contributed by atoms with Gasteiger partial charge >= 0.3 is 0 Å². The molecule has 0 unspecified atom stereocenters. The summed E-state index contributed by atoms with van der Waals surface area (Å²) in [5, 5.41) is 2.80. The van der Waals surface area contributed by atoms with Gasteiger partial charge in [-0.05, 0) is 32.9 Å². The first-order valence-corrected chi connectivity index (χ1v) is 5.89. The van der Waals surface area contributed by atoms with Gasteiger partial charge in [0.15, 0.2) is 0 Å². The Bertz CT molecular complexity index is 342. The Morgan fingerprint density at radius 2 is 1.65 bits per heavy atom. The molecule has 0 saturated carbocycles. The summed E-state index contributed by atoms with van der Waals surface area (Å²) in [6.45, 7) is 9.47. The lowest BCUT2D eigenvalue weighted by atomic mass is 10.1. The quantitative estimate of drug-likeness (QED) is 0.875. The molecule has 3 nitrogen and oxygen atoms in total. The number of methoxy groups -OCH3 is 1. The van der Waals surface area contributed by atoms with Crippen LogP contribution in [0.3, 0.4) is 0 Å². The van der Waals surface area contributed by atoms with Gasteiger partial charge in [0.2, 0.25) is 0 Å². The number of rotatable bonds is 3. The van der Waals surface area contributed by atoms with Gasteiger partial charge in [0.1, 0.15) is 5.60 Å². The molecule has 1 aromatic carbocycles. The van der Waals surface area contributed by atoms with Crippen LogP contribution in [-0.2, 0) is 9.53 Å². The monoisotopic (exact) mass is 237 g/mol. The van der Waals surface area contributed by atoms with Crippen LogP contribution in [0.15, 0.2) is 24.3 Å². The molecule has 0 aliphatic rings. The molecule has 0 atom stereocenters. The summed E-state index contributed by atoms with van der Waals surface area (Å²) in [6.07, 6.45) is 0. The molecule has 0 spiro atoms. The van der Waals surface area contributed by atoms with Gasteiger partial charge in [-0.3, -0.25) is 4.79 Å². The number of aryl methyl sites for hydroxylation is 1. The maximum absolute atomic E-state index is 11.7. The highest BCUT2D eigenvalue weighted by Gasteiger charge is 2.26. The Labute approximate surface area is 104 Å². The van der Waals surface area contributed by atoms with Crippen LogP contribution < -0.4 is 5.32 Å². The fourth-order valence-electron chi connectivity index (χ4n) is 1.01. The second-order valence-electron chi connectivity index (χ2n) is 4.03. The van der Waals surface area contributed by atoms with Gasteiger partial charge < -0.3 is 10.1 Å². The Morgan fingerprint density at radius 3 is 2.06 bits per heavy atom. The van der Waals surface area contributed by atoms with Gasteiger partial charge in [0.05, 0.1) is 0 Å². The Balaban J connectivity index is 0.00000121. The topological polar surface area (TPSA) is 38.3 Å². The first-order valence-electron chi connectivity index (χ1n) is 5.89. The molecule has 0 aliphatic heterocycles. The van der Waals surface area contributed by atoms with E-state index in [0.29, 0.717) is 0 Å². The summed E-state index contributed by atoms with van der Waals surface area (Å²) in [4.78, 5) is 11.7. The van der Waals surface area contributed by atoms with Crippen LogP contribution in [0.4, 0.5) is 5.69 Å². The second kappa shape index (κ2) is 7.07. The highest BCUT2D eigenvalue weighted by Crippen LogP contribution is 2.14. The minimum Gasteiger partial charge on any atom is -0.369 e. The van der Waals surface area contributed by atoms with Crippen molar-refractivity contribution in [2.75, 3.05) is 12.4 Å². The third-order valence-corrected chi connectivity index (χ3v) is 2.37. The number of hydrogen-bond acceptors (Lipinski definition) is 2. The third-order valence-electron chi connectivity index (χ3n) is 2.37. The normalized spacial score (nSPS) is 10.2. The molecule has 1 rings (SSSR count). The average molecular weight is 237 g/mol. The van der Waals surface area contributed by atoms with Crippen molar-refractivity contribution >= 4 is 11.6 Å². The number of ether oxygens (including phenoxy) is 1. The Morgan fingerprint density at radius 1 is 1.18 bits per heavy atom. The number of anilines is 1. The lowest BCUT2D eigenvalue weighted by molar-refractivity contribution is -0.133. The van der Waals surface area contributed by atoms with Crippen LogP contribution in [0.5, 0.6) is 0 Å². The molecular weight excluding hydrogens is 214 g/mol. The van der Waals surface area contributed by atoms with Crippen LogP contribution in [0, 0.1) is 6.92 Å². The fourth-order valence-corrected chi connectivity index (χ4v) is 1.01. The largest absolute Gasteiger partial charge is 0.369 e. The van der Waals surface area contributed by atoms with Crippen molar-refractivity contribution < 1.29 is 9.53 Å². The van der Waals surface area contributed by atoms with Crippen LogP contribution >= 0.6 is 0 Å². The SMILES string of the molecule is CC.COC(C)(C)C(=O)Nc1ccc(C)cc1. The van der Waals surface area contributed by atoms with E-state index in [1.54, 1.807) is 13.8 Å². The van der Waals surface area contributed by atoms with Crippen molar-refractivity contribution in [2.24, 2.45) is 0 Å². The van der Waals surface area contributed by atoms with Crippen molar-refractivity contribution in [3.63, 3.8) is 0 Å². The van der Waals surface area contributed by atoms with Crippen molar-refractivity contribution in [1.29, 1.82) is 0 Å². The molecule has 0 aliphatic carbocycles. The Kier molecular flexibility index (Phi) is 6.51. The maximum atomic E-state index is 11.7. The minimum atomic E-state index is -0.801. The molecule has 17 heavy (non-hydrogen) atoms. The molecular formula is C14H23NO2. The first-order chi connectivity index (χ1) is 7.95. The molecule has 96 valence electrons. The molecule has 3 heteroatoms. The summed E-state index contributed by atoms with van der Waals surface area (Å²) in [5.74, 6) is -0.145. The Hall–Kier alpha value is -1.35. The summed E-state index contributed by atoms with van der Waals surface area (Å²) in [7, 11) is 1.52. The molecule has 1 N–H and O–H groups in total. The van der Waals surface area contributed by atoms with Crippen LogP contribution in [0.25, 0.3) is 0 Å². The van der Waals surface area contributed by atoms with Gasteiger partial charge in [0.25, 0.3) is 5.91 Å². The minimum absolute atomic E-state index is 0.145. The smallest absolute Gasteiger partial charge is 0.256 e. The highest BCUT2D eigenvalue weighted by molar-refractivity contribution is 5.96. The highest BCUT2D eigenvalue weighted by atomic mass is 16.5. The number of amides is 1. The molecule has 0 bridgehead atoms. The van der Waals surface area contributed by atoms with Crippen LogP contribution in [0.2, 0.25) is 0 Å². The summed E-state index contributed by atoms with van der Waals surface area (Å²) < 4.78 is 5.08. The fraction of sp³-hybridized carbons (Fsp3) is 0.500. The van der Waals surface area contributed by atoms with Crippen molar-refractivity contribution in [1.82, 2.24) is 0 Å². The van der Waals surface area contributed by atoms with E-state index in [0.717, 1.165) is 5.69 Å². The summed E-state index contributed by atoms with van der Waals surface area (Å²) in [5.41, 5.74) is 1.15. The van der Waals surface area contributed by atoms with Gasteiger partial charge in [-0.2, -0.15) is 0 Å². The molecule has 1 amide bonds. The van der Waals surface area contributed by atoms with Crippen LogP contribution in [0.1, 0.15) is 33.3 Å². The molecule has 0 heterocycles.